The summed E-state index contributed by atoms with van der Waals surface area (Å²) in [5.41, 5.74) is 0.102. The summed E-state index contributed by atoms with van der Waals surface area (Å²) >= 11 is 3.27. The first-order valence-electron chi connectivity index (χ1n) is 6.17. The van der Waals surface area contributed by atoms with Crippen molar-refractivity contribution in [3.05, 3.63) is 34.9 Å². The number of rotatable bonds is 2. The molecule has 1 saturated heterocycles. The molecule has 1 aromatic carbocycles. The lowest BCUT2D eigenvalue weighted by Gasteiger charge is -2.30. The second-order valence-electron chi connectivity index (χ2n) is 4.79. The molecule has 2 rings (SSSR count). The lowest BCUT2D eigenvalue weighted by Crippen LogP contribution is -2.32. The standard InChI is InChI=1S/C14H16F2OS2/c1-7-4-5-10(13(16)12(7)15)14(17)11-6-18-8(2)9(3)19-11/h4-5,8-9,11H,6H2,1-3H3. The molecule has 1 aromatic rings. The summed E-state index contributed by atoms with van der Waals surface area (Å²) in [7, 11) is 0. The highest BCUT2D eigenvalue weighted by molar-refractivity contribution is 8.08. The Kier molecular flexibility index (Phi) is 4.56. The summed E-state index contributed by atoms with van der Waals surface area (Å²) in [4.78, 5) is 12.3. The van der Waals surface area contributed by atoms with E-state index in [9.17, 15) is 13.6 Å². The molecule has 3 atom stereocenters. The molecule has 1 aliphatic heterocycles. The second-order valence-corrected chi connectivity index (χ2v) is 7.79. The van der Waals surface area contributed by atoms with E-state index in [-0.39, 0.29) is 22.2 Å². The van der Waals surface area contributed by atoms with E-state index in [0.717, 1.165) is 0 Å². The third kappa shape index (κ3) is 2.97. The van der Waals surface area contributed by atoms with Gasteiger partial charge in [-0.3, -0.25) is 4.79 Å². The molecular weight excluding hydrogens is 286 g/mol. The normalized spacial score (nSPS) is 27.3. The molecule has 0 aromatic heterocycles. The van der Waals surface area contributed by atoms with Crippen LogP contribution < -0.4 is 0 Å². The van der Waals surface area contributed by atoms with Crippen molar-refractivity contribution in [3.8, 4) is 0 Å². The van der Waals surface area contributed by atoms with E-state index in [4.69, 9.17) is 0 Å². The molecule has 19 heavy (non-hydrogen) atoms. The predicted molar refractivity (Wildman–Crippen MR) is 78.2 cm³/mol. The van der Waals surface area contributed by atoms with Gasteiger partial charge in [-0.25, -0.2) is 8.78 Å². The Hall–Kier alpha value is -0.550. The zero-order chi connectivity index (χ0) is 14.2. The molecule has 0 saturated carbocycles. The van der Waals surface area contributed by atoms with Crippen molar-refractivity contribution in [2.24, 2.45) is 0 Å². The molecule has 1 fully saturated rings. The zero-order valence-electron chi connectivity index (χ0n) is 11.1. The third-order valence-electron chi connectivity index (χ3n) is 3.38. The van der Waals surface area contributed by atoms with Gasteiger partial charge in [-0.1, -0.05) is 19.9 Å². The summed E-state index contributed by atoms with van der Waals surface area (Å²) in [6.07, 6.45) is 0. The maximum Gasteiger partial charge on any atom is 0.179 e. The minimum atomic E-state index is -1.01. The monoisotopic (exact) mass is 302 g/mol. The number of carbonyl (C=O) groups excluding carboxylic acids is 1. The Morgan fingerprint density at radius 1 is 1.21 bits per heavy atom. The van der Waals surface area contributed by atoms with Crippen LogP contribution in [0, 0.1) is 18.6 Å². The molecule has 5 heteroatoms. The van der Waals surface area contributed by atoms with Crippen LogP contribution in [0.2, 0.25) is 0 Å². The Labute approximate surface area is 120 Å². The van der Waals surface area contributed by atoms with Crippen LogP contribution in [0.15, 0.2) is 12.1 Å². The third-order valence-corrected chi connectivity index (χ3v) is 6.77. The van der Waals surface area contributed by atoms with E-state index < -0.39 is 11.6 Å². The largest absolute Gasteiger partial charge is 0.293 e. The minimum absolute atomic E-state index is 0.122. The van der Waals surface area contributed by atoms with Gasteiger partial charge in [0.15, 0.2) is 17.4 Å². The summed E-state index contributed by atoms with van der Waals surface area (Å²) < 4.78 is 27.3. The molecule has 0 aliphatic carbocycles. The molecule has 0 bridgehead atoms. The number of hydrogen-bond donors (Lipinski definition) is 0. The van der Waals surface area contributed by atoms with Crippen molar-refractivity contribution in [2.45, 2.75) is 36.5 Å². The highest BCUT2D eigenvalue weighted by Crippen LogP contribution is 2.37. The smallest absolute Gasteiger partial charge is 0.179 e. The van der Waals surface area contributed by atoms with Gasteiger partial charge in [0.2, 0.25) is 0 Å². The van der Waals surface area contributed by atoms with Gasteiger partial charge in [-0.15, -0.1) is 11.8 Å². The van der Waals surface area contributed by atoms with E-state index in [2.05, 4.69) is 13.8 Å². The number of hydrogen-bond acceptors (Lipinski definition) is 3. The number of ketones is 1. The van der Waals surface area contributed by atoms with E-state index in [1.807, 2.05) is 0 Å². The van der Waals surface area contributed by atoms with E-state index in [1.54, 1.807) is 23.5 Å². The highest BCUT2D eigenvalue weighted by Gasteiger charge is 2.32. The minimum Gasteiger partial charge on any atom is -0.293 e. The number of aryl methyl sites for hydroxylation is 1. The molecule has 104 valence electrons. The van der Waals surface area contributed by atoms with Crippen LogP contribution in [0.25, 0.3) is 0 Å². The Morgan fingerprint density at radius 3 is 2.53 bits per heavy atom. The van der Waals surface area contributed by atoms with Crippen molar-refractivity contribution in [2.75, 3.05) is 5.75 Å². The number of benzene rings is 1. The summed E-state index contributed by atoms with van der Waals surface area (Å²) in [5.74, 6) is -1.57. The van der Waals surface area contributed by atoms with Crippen LogP contribution in [-0.4, -0.2) is 27.3 Å². The molecule has 0 N–H and O–H groups in total. The Bertz CT molecular complexity index is 504. The van der Waals surface area contributed by atoms with Crippen molar-refractivity contribution in [1.82, 2.24) is 0 Å². The average Bonchev–Trinajstić information content (AvgIpc) is 2.39. The van der Waals surface area contributed by atoms with Gasteiger partial charge in [0.1, 0.15) is 0 Å². The number of carbonyl (C=O) groups is 1. The SMILES string of the molecule is Cc1ccc(C(=O)C2CSC(C)C(C)S2)c(F)c1F. The molecule has 1 aliphatic rings. The van der Waals surface area contributed by atoms with Crippen LogP contribution in [0.4, 0.5) is 8.78 Å². The lowest BCUT2D eigenvalue weighted by molar-refractivity contribution is 0.0990. The first-order valence-corrected chi connectivity index (χ1v) is 8.17. The van der Waals surface area contributed by atoms with Crippen LogP contribution in [-0.2, 0) is 0 Å². The maximum absolute atomic E-state index is 13.8. The molecule has 0 amide bonds. The topological polar surface area (TPSA) is 17.1 Å². The molecular formula is C14H16F2OS2. The first kappa shape index (κ1) is 14.9. The Balaban J connectivity index is 2.23. The fraction of sp³-hybridized carbons (Fsp3) is 0.500. The summed E-state index contributed by atoms with van der Waals surface area (Å²) in [6.45, 7) is 5.67. The van der Waals surface area contributed by atoms with E-state index >= 15 is 0 Å². The molecule has 1 heterocycles. The highest BCUT2D eigenvalue weighted by atomic mass is 32.2. The van der Waals surface area contributed by atoms with Crippen LogP contribution in [0.1, 0.15) is 29.8 Å². The number of Topliss-reactive ketones (excluding diaryl/α,β-unsaturated/α-hetero) is 1. The molecule has 1 nitrogen and oxygen atoms in total. The van der Waals surface area contributed by atoms with Gasteiger partial charge >= 0.3 is 0 Å². The summed E-state index contributed by atoms with van der Waals surface area (Å²) in [5, 5.41) is 0.535. The van der Waals surface area contributed by atoms with Gasteiger partial charge < -0.3 is 0 Å². The second kappa shape index (κ2) is 5.83. The molecule has 0 spiro atoms. The average molecular weight is 302 g/mol. The van der Waals surface area contributed by atoms with Crippen molar-refractivity contribution >= 4 is 29.3 Å². The van der Waals surface area contributed by atoms with Crippen LogP contribution in [0.3, 0.4) is 0 Å². The van der Waals surface area contributed by atoms with Gasteiger partial charge in [-0.2, -0.15) is 11.8 Å². The van der Waals surface area contributed by atoms with Gasteiger partial charge in [-0.05, 0) is 18.6 Å². The zero-order valence-corrected chi connectivity index (χ0v) is 12.7. The fourth-order valence-electron chi connectivity index (χ4n) is 1.93. The summed E-state index contributed by atoms with van der Waals surface area (Å²) in [6, 6.07) is 2.85. The number of thioether (sulfide) groups is 2. The first-order chi connectivity index (χ1) is 8.91. The number of halogens is 2. The van der Waals surface area contributed by atoms with Gasteiger partial charge in [0.25, 0.3) is 0 Å². The lowest BCUT2D eigenvalue weighted by atomic mass is 10.1. The maximum atomic E-state index is 13.8. The Morgan fingerprint density at radius 2 is 1.89 bits per heavy atom. The van der Waals surface area contributed by atoms with Gasteiger partial charge in [0, 0.05) is 16.3 Å². The van der Waals surface area contributed by atoms with Crippen molar-refractivity contribution in [3.63, 3.8) is 0 Å². The van der Waals surface area contributed by atoms with Gasteiger partial charge in [0.05, 0.1) is 10.8 Å². The van der Waals surface area contributed by atoms with E-state index in [1.165, 1.54) is 19.1 Å². The van der Waals surface area contributed by atoms with Crippen molar-refractivity contribution in [1.29, 1.82) is 0 Å². The molecule has 3 unspecified atom stereocenters. The quantitative estimate of drug-likeness (QED) is 0.766. The van der Waals surface area contributed by atoms with Crippen LogP contribution in [0.5, 0.6) is 0 Å². The van der Waals surface area contributed by atoms with Crippen molar-refractivity contribution < 1.29 is 13.6 Å². The van der Waals surface area contributed by atoms with Crippen LogP contribution >= 0.6 is 23.5 Å². The van der Waals surface area contributed by atoms with E-state index in [0.29, 0.717) is 16.3 Å². The fourth-order valence-corrected chi connectivity index (χ4v) is 4.80. The predicted octanol–water partition coefficient (Wildman–Crippen LogP) is 4.08. The molecule has 0 radical (unpaired) electrons.